The van der Waals surface area contributed by atoms with E-state index in [2.05, 4.69) is 20.4 Å². The Balaban J connectivity index is 0.862. The summed E-state index contributed by atoms with van der Waals surface area (Å²) in [6, 6.07) is 0.137. The summed E-state index contributed by atoms with van der Waals surface area (Å²) in [6.45, 7) is 4.65. The van der Waals surface area contributed by atoms with Crippen molar-refractivity contribution in [2.45, 2.75) is 49.5 Å². The lowest BCUT2D eigenvalue weighted by Crippen LogP contribution is -2.55. The Morgan fingerprint density at radius 1 is 0.696 bits per heavy atom. The number of methoxy groups -OCH3 is 2. The van der Waals surface area contributed by atoms with Gasteiger partial charge in [-0.1, -0.05) is 21.6 Å². The Labute approximate surface area is 331 Å². The molecule has 2 amide bonds. The number of amides is 2. The van der Waals surface area contributed by atoms with Crippen molar-refractivity contribution in [2.24, 2.45) is 23.3 Å². The molecule has 4 fully saturated rings. The van der Waals surface area contributed by atoms with Gasteiger partial charge in [-0.25, -0.2) is 9.59 Å². The van der Waals surface area contributed by atoms with E-state index in [9.17, 15) is 28.8 Å². The van der Waals surface area contributed by atoms with Gasteiger partial charge < -0.3 is 50.8 Å². The van der Waals surface area contributed by atoms with Gasteiger partial charge in [0, 0.05) is 86.3 Å². The van der Waals surface area contributed by atoms with Gasteiger partial charge in [0.1, 0.15) is 13.2 Å². The predicted octanol–water partition coefficient (Wildman–Crippen LogP) is -0.961. The van der Waals surface area contributed by atoms with Crippen LogP contribution in [0.1, 0.15) is 13.8 Å². The summed E-state index contributed by atoms with van der Waals surface area (Å²) in [7, 11) is 10.1. The van der Waals surface area contributed by atoms with Crippen LogP contribution in [0.25, 0.3) is 0 Å². The van der Waals surface area contributed by atoms with Crippen molar-refractivity contribution in [1.82, 2.24) is 30.2 Å². The zero-order chi connectivity index (χ0) is 40.2. The van der Waals surface area contributed by atoms with Gasteiger partial charge in [-0.05, 0) is 27.9 Å². The Bertz CT molecular complexity index is 1850. The molecule has 10 atom stereocenters. The third-order valence-corrected chi connectivity index (χ3v) is 15.4. The second-order valence-electron chi connectivity index (χ2n) is 15.2. The zero-order valence-corrected chi connectivity index (χ0v) is 33.6. The average molecular weight is 815 g/mol. The van der Waals surface area contributed by atoms with Crippen molar-refractivity contribution in [3.63, 3.8) is 0 Å². The van der Waals surface area contributed by atoms with E-state index in [1.165, 1.54) is 0 Å². The molecule has 0 aromatic heterocycles. The quantitative estimate of drug-likeness (QED) is 0.0676. The summed E-state index contributed by atoms with van der Waals surface area (Å²) in [4.78, 5) is 87.2. The van der Waals surface area contributed by atoms with Gasteiger partial charge in [0.25, 0.3) is 0 Å². The standard InChI is InChI=1S/C36H46N8O10S2/c1-15-23(29(47)21-17(13-53-33(37)49)35(51-5)31-19(41(31)3)11-43(35)25(21)27(15)45)39-7-9-55-56-10-8-40-24-16(2)28(46)26-22(30(24)48)18(14-54-34(38)50)36(52-6)32-20(42(32)4)12-44(26)36/h17-20,31-32,39-40H,7-14H2,1-6H3,(H2,37,49)(H2,38,50)/t17-,18-,19-,20-,31-,32-,35+,36+,41?,42?/m0/s1. The van der Waals surface area contributed by atoms with Crippen LogP contribution in [-0.4, -0.2) is 170 Å². The van der Waals surface area contributed by atoms with E-state index in [-0.39, 0.29) is 83.1 Å². The minimum atomic E-state index is -1.04. The molecule has 302 valence electrons. The van der Waals surface area contributed by atoms with Crippen molar-refractivity contribution < 1.29 is 47.7 Å². The molecule has 2 unspecified atom stereocenters. The molecule has 0 bridgehead atoms. The monoisotopic (exact) mass is 814 g/mol. The predicted molar refractivity (Wildman–Crippen MR) is 202 cm³/mol. The van der Waals surface area contributed by atoms with Gasteiger partial charge in [0.05, 0.1) is 46.7 Å². The number of nitrogens with two attached hydrogens (primary N) is 2. The molecule has 6 N–H and O–H groups in total. The number of hydrogen-bond acceptors (Lipinski definition) is 18. The second kappa shape index (κ2) is 13.8. The fraction of sp³-hybridized carbons (Fsp3) is 0.611. The minimum Gasteiger partial charge on any atom is -0.449 e. The van der Waals surface area contributed by atoms with Crippen LogP contribution in [0.15, 0.2) is 45.1 Å². The van der Waals surface area contributed by atoms with Crippen LogP contribution in [0.4, 0.5) is 9.59 Å². The number of ether oxygens (including phenoxy) is 4. The van der Waals surface area contributed by atoms with Crippen LogP contribution in [-0.2, 0) is 38.1 Å². The Hall–Kier alpha value is -4.08. The van der Waals surface area contributed by atoms with Gasteiger partial charge in [0.15, 0.2) is 11.4 Å². The number of carbonyl (C=O) groups is 6. The highest BCUT2D eigenvalue weighted by molar-refractivity contribution is 8.76. The highest BCUT2D eigenvalue weighted by Gasteiger charge is 2.76. The summed E-state index contributed by atoms with van der Waals surface area (Å²) in [5.41, 5.74) is 10.8. The maximum Gasteiger partial charge on any atom is 0.404 e. The van der Waals surface area contributed by atoms with Crippen molar-refractivity contribution in [1.29, 1.82) is 0 Å². The number of fused-ring (bicyclic) bond motifs is 8. The molecule has 6 aliphatic heterocycles. The summed E-state index contributed by atoms with van der Waals surface area (Å²) in [5.74, 6) is -1.47. The van der Waals surface area contributed by atoms with Crippen molar-refractivity contribution in [3.8, 4) is 0 Å². The molecule has 8 aliphatic rings. The number of primary amides is 2. The lowest BCUT2D eigenvalue weighted by Gasteiger charge is -2.40. The Kier molecular flexibility index (Phi) is 9.55. The first kappa shape index (κ1) is 38.8. The third-order valence-electron chi connectivity index (χ3n) is 13.0. The lowest BCUT2D eigenvalue weighted by atomic mass is 9.82. The van der Waals surface area contributed by atoms with Crippen molar-refractivity contribution in [3.05, 3.63) is 45.1 Å². The van der Waals surface area contributed by atoms with E-state index in [4.69, 9.17) is 30.4 Å². The number of likely N-dealkylation sites (N-methyl/N-ethyl adjacent to an activating group) is 2. The SMILES string of the molecule is CO[C@]12[C@@H]3[C@H](CN1C1=C(C(=O)C(NCCSSCCNC4=C(C)C(=O)C5=C(C4=O)[C@H](COC(N)=O)[C@@]4(OC)[C@@H]6[C@H](CN54)N6C)=C(C)C1=O)[C@@H]2COC(N)=O)N3C. The second-order valence-corrected chi connectivity index (χ2v) is 17.9. The first-order valence-corrected chi connectivity index (χ1v) is 20.9. The minimum absolute atomic E-state index is 0.0815. The molecule has 20 heteroatoms. The maximum atomic E-state index is 14.1. The number of nitrogens with one attached hydrogen (secondary N) is 2. The molecule has 0 aromatic carbocycles. The largest absolute Gasteiger partial charge is 0.449 e. The number of rotatable bonds is 15. The van der Waals surface area contributed by atoms with Gasteiger partial charge >= 0.3 is 12.2 Å². The highest BCUT2D eigenvalue weighted by Crippen LogP contribution is 2.60. The first-order chi connectivity index (χ1) is 26.7. The Morgan fingerprint density at radius 3 is 1.41 bits per heavy atom. The van der Waals surface area contributed by atoms with Crippen LogP contribution < -0.4 is 22.1 Å². The van der Waals surface area contributed by atoms with Crippen LogP contribution >= 0.6 is 21.6 Å². The van der Waals surface area contributed by atoms with Crippen LogP contribution in [0.3, 0.4) is 0 Å². The molecule has 6 heterocycles. The summed E-state index contributed by atoms with van der Waals surface area (Å²) < 4.78 is 22.7. The molecule has 0 spiro atoms. The first-order valence-electron chi connectivity index (χ1n) is 18.4. The fourth-order valence-electron chi connectivity index (χ4n) is 10.4. The zero-order valence-electron chi connectivity index (χ0n) is 32.0. The molecule has 0 saturated carbocycles. The smallest absolute Gasteiger partial charge is 0.404 e. The van der Waals surface area contributed by atoms with Gasteiger partial charge in [-0.15, -0.1) is 0 Å². The topological polar surface area (TPSA) is 228 Å². The molecular formula is C36H46N8O10S2. The van der Waals surface area contributed by atoms with Gasteiger partial charge in [-0.2, -0.15) is 0 Å². The molecule has 56 heavy (non-hydrogen) atoms. The van der Waals surface area contributed by atoms with E-state index >= 15 is 0 Å². The summed E-state index contributed by atoms with van der Waals surface area (Å²) in [6.07, 6.45) is -1.95. The maximum absolute atomic E-state index is 14.1. The molecular weight excluding hydrogens is 769 g/mol. The summed E-state index contributed by atoms with van der Waals surface area (Å²) >= 11 is 0. The summed E-state index contributed by atoms with van der Waals surface area (Å²) in [5, 5.41) is 6.37. The molecule has 2 aliphatic carbocycles. The van der Waals surface area contributed by atoms with Crippen LogP contribution in [0.2, 0.25) is 0 Å². The Morgan fingerprint density at radius 2 is 1.07 bits per heavy atom. The van der Waals surface area contributed by atoms with Gasteiger partial charge in [0.2, 0.25) is 23.1 Å². The normalized spacial score (nSPS) is 36.1. The highest BCUT2D eigenvalue weighted by atomic mass is 33.1. The number of allylic oxidation sites excluding steroid dienone is 4. The third kappa shape index (κ3) is 5.25. The molecule has 0 aromatic rings. The molecule has 0 radical (unpaired) electrons. The van der Waals surface area contributed by atoms with E-state index in [0.29, 0.717) is 60.2 Å². The number of nitrogens with zero attached hydrogens (tertiary/aromatic N) is 4. The van der Waals surface area contributed by atoms with Gasteiger partial charge in [-0.3, -0.25) is 29.0 Å². The molecule has 4 saturated heterocycles. The fourth-order valence-corrected chi connectivity index (χ4v) is 12.2. The van der Waals surface area contributed by atoms with Crippen molar-refractivity contribution in [2.75, 3.05) is 79.2 Å². The number of piperazine rings is 2. The number of ketones is 4. The van der Waals surface area contributed by atoms with E-state index in [0.717, 1.165) is 0 Å². The van der Waals surface area contributed by atoms with Crippen molar-refractivity contribution >= 4 is 56.9 Å². The number of hydrogen-bond donors (Lipinski definition) is 4. The molecule has 8 rings (SSSR count). The van der Waals surface area contributed by atoms with E-state index in [1.54, 1.807) is 49.7 Å². The number of Topliss-reactive ketones (excluding diaryl/α,β-unsaturated/α-hetero) is 4. The lowest BCUT2D eigenvalue weighted by molar-refractivity contribution is -0.144. The van der Waals surface area contributed by atoms with Crippen LogP contribution in [0.5, 0.6) is 0 Å². The number of carbonyl (C=O) groups excluding carboxylic acids is 6. The van der Waals surface area contributed by atoms with Crippen LogP contribution in [0, 0.1) is 11.8 Å². The van der Waals surface area contributed by atoms with E-state index < -0.39 is 35.5 Å². The molecule has 18 nitrogen and oxygen atoms in total. The average Bonchev–Trinajstić information content (AvgIpc) is 3.70. The van der Waals surface area contributed by atoms with E-state index in [1.807, 2.05) is 23.9 Å².